The summed E-state index contributed by atoms with van der Waals surface area (Å²) in [5, 5.41) is 0. The van der Waals surface area contributed by atoms with E-state index in [0.29, 0.717) is 16.7 Å². The van der Waals surface area contributed by atoms with Gasteiger partial charge in [-0.3, -0.25) is 4.79 Å². The van der Waals surface area contributed by atoms with Crippen LogP contribution in [-0.4, -0.2) is 5.78 Å². The third-order valence-corrected chi connectivity index (χ3v) is 3.56. The Hall–Kier alpha value is -1.37. The van der Waals surface area contributed by atoms with Crippen LogP contribution >= 0.6 is 22.6 Å². The fraction of sp³-hybridized carbons (Fsp3) is 0.133. The van der Waals surface area contributed by atoms with Gasteiger partial charge in [-0.15, -0.1) is 0 Å². The number of carbonyl (C=O) groups is 1. The van der Waals surface area contributed by atoms with E-state index in [0.717, 1.165) is 15.7 Å². The van der Waals surface area contributed by atoms with Crippen LogP contribution in [0.25, 0.3) is 0 Å². The molecule has 104 valence electrons. The van der Waals surface area contributed by atoms with E-state index >= 15 is 0 Å². The Balaban J connectivity index is 2.41. The molecule has 0 bridgehead atoms. The van der Waals surface area contributed by atoms with Crippen molar-refractivity contribution in [2.24, 2.45) is 0 Å². The molecular formula is C15H10F3IO. The second kappa shape index (κ2) is 5.55. The van der Waals surface area contributed by atoms with Gasteiger partial charge < -0.3 is 0 Å². The van der Waals surface area contributed by atoms with Crippen LogP contribution in [0.3, 0.4) is 0 Å². The van der Waals surface area contributed by atoms with E-state index in [4.69, 9.17) is 0 Å². The number of benzene rings is 2. The number of ketones is 1. The smallest absolute Gasteiger partial charge is 0.289 e. The summed E-state index contributed by atoms with van der Waals surface area (Å²) in [5.41, 5.74) is 0.345. The zero-order valence-corrected chi connectivity index (χ0v) is 12.6. The molecule has 0 N–H and O–H groups in total. The van der Waals surface area contributed by atoms with Crippen molar-refractivity contribution in [1.82, 2.24) is 0 Å². The topological polar surface area (TPSA) is 17.1 Å². The van der Waals surface area contributed by atoms with E-state index in [1.165, 1.54) is 13.0 Å². The Bertz CT molecular complexity index is 662. The molecule has 0 radical (unpaired) electrons. The first-order chi connectivity index (χ1) is 9.29. The molecule has 0 unspecified atom stereocenters. The van der Waals surface area contributed by atoms with Crippen LogP contribution < -0.4 is 0 Å². The second-order valence-electron chi connectivity index (χ2n) is 4.37. The Morgan fingerprint density at radius 1 is 1.10 bits per heavy atom. The molecule has 20 heavy (non-hydrogen) atoms. The van der Waals surface area contributed by atoms with Crippen LogP contribution in [0.15, 0.2) is 42.5 Å². The molecule has 0 spiro atoms. The molecule has 0 amide bonds. The summed E-state index contributed by atoms with van der Waals surface area (Å²) in [6.07, 6.45) is -4.39. The predicted molar refractivity (Wildman–Crippen MR) is 78.8 cm³/mol. The maximum Gasteiger partial charge on any atom is 0.416 e. The SMILES string of the molecule is Cc1cc(C(F)(F)F)ccc1C(=O)c1cccc(I)c1. The van der Waals surface area contributed by atoms with Gasteiger partial charge in [-0.05, 0) is 59.3 Å². The summed E-state index contributed by atoms with van der Waals surface area (Å²) in [4.78, 5) is 12.3. The lowest BCUT2D eigenvalue weighted by Crippen LogP contribution is -2.09. The fourth-order valence-corrected chi connectivity index (χ4v) is 2.42. The molecule has 0 saturated carbocycles. The maximum atomic E-state index is 12.6. The molecule has 0 aliphatic carbocycles. The van der Waals surface area contributed by atoms with E-state index in [-0.39, 0.29) is 5.78 Å². The van der Waals surface area contributed by atoms with Crippen LogP contribution in [0.2, 0.25) is 0 Å². The highest BCUT2D eigenvalue weighted by Gasteiger charge is 2.31. The van der Waals surface area contributed by atoms with Crippen molar-refractivity contribution < 1.29 is 18.0 Å². The lowest BCUT2D eigenvalue weighted by Gasteiger charge is -2.10. The highest BCUT2D eigenvalue weighted by Crippen LogP contribution is 2.30. The maximum absolute atomic E-state index is 12.6. The van der Waals surface area contributed by atoms with E-state index in [1.54, 1.807) is 18.2 Å². The lowest BCUT2D eigenvalue weighted by atomic mass is 9.97. The summed E-state index contributed by atoms with van der Waals surface area (Å²) in [6.45, 7) is 1.51. The molecule has 0 aliphatic rings. The molecule has 2 aromatic carbocycles. The molecule has 0 fully saturated rings. The molecule has 2 aromatic rings. The van der Waals surface area contributed by atoms with Crippen LogP contribution in [0.4, 0.5) is 13.2 Å². The van der Waals surface area contributed by atoms with Crippen molar-refractivity contribution in [2.75, 3.05) is 0 Å². The van der Waals surface area contributed by atoms with Gasteiger partial charge in [-0.2, -0.15) is 13.2 Å². The molecule has 1 nitrogen and oxygen atoms in total. The number of carbonyl (C=O) groups excluding carboxylic acids is 1. The molecule has 0 atom stereocenters. The summed E-state index contributed by atoms with van der Waals surface area (Å²) in [7, 11) is 0. The summed E-state index contributed by atoms with van der Waals surface area (Å²) >= 11 is 2.08. The first kappa shape index (κ1) is 15.0. The first-order valence-electron chi connectivity index (χ1n) is 5.77. The monoisotopic (exact) mass is 390 g/mol. The molecule has 5 heteroatoms. The van der Waals surface area contributed by atoms with Gasteiger partial charge in [-0.25, -0.2) is 0 Å². The molecule has 0 heterocycles. The number of hydrogen-bond acceptors (Lipinski definition) is 1. The normalized spacial score (nSPS) is 11.4. The third-order valence-electron chi connectivity index (χ3n) is 2.89. The minimum absolute atomic E-state index is 0.269. The van der Waals surface area contributed by atoms with Crippen LogP contribution in [0, 0.1) is 10.5 Å². The van der Waals surface area contributed by atoms with Crippen LogP contribution in [0.1, 0.15) is 27.0 Å². The Morgan fingerprint density at radius 2 is 1.80 bits per heavy atom. The van der Waals surface area contributed by atoms with Gasteiger partial charge in [0.2, 0.25) is 0 Å². The molecule has 2 rings (SSSR count). The van der Waals surface area contributed by atoms with Gasteiger partial charge in [0.1, 0.15) is 0 Å². The van der Waals surface area contributed by atoms with Gasteiger partial charge >= 0.3 is 6.18 Å². The molecular weight excluding hydrogens is 380 g/mol. The van der Waals surface area contributed by atoms with E-state index in [9.17, 15) is 18.0 Å². The van der Waals surface area contributed by atoms with E-state index < -0.39 is 11.7 Å². The number of alkyl halides is 3. The van der Waals surface area contributed by atoms with Crippen molar-refractivity contribution in [1.29, 1.82) is 0 Å². The van der Waals surface area contributed by atoms with Crippen molar-refractivity contribution in [3.05, 3.63) is 68.3 Å². The molecule has 0 aromatic heterocycles. The number of hydrogen-bond donors (Lipinski definition) is 0. The van der Waals surface area contributed by atoms with Crippen molar-refractivity contribution >= 4 is 28.4 Å². The van der Waals surface area contributed by atoms with E-state index in [2.05, 4.69) is 22.6 Å². The van der Waals surface area contributed by atoms with Crippen molar-refractivity contribution in [2.45, 2.75) is 13.1 Å². The number of aryl methyl sites for hydroxylation is 1. The zero-order valence-electron chi connectivity index (χ0n) is 10.5. The Labute approximate surface area is 128 Å². The summed E-state index contributed by atoms with van der Waals surface area (Å²) < 4.78 is 38.7. The average molecular weight is 390 g/mol. The third kappa shape index (κ3) is 3.20. The molecule has 0 aliphatic heterocycles. The van der Waals surface area contributed by atoms with Crippen molar-refractivity contribution in [3.8, 4) is 0 Å². The number of rotatable bonds is 2. The van der Waals surface area contributed by atoms with E-state index in [1.807, 2.05) is 6.07 Å². The highest BCUT2D eigenvalue weighted by atomic mass is 127. The Kier molecular flexibility index (Phi) is 4.17. The second-order valence-corrected chi connectivity index (χ2v) is 5.61. The lowest BCUT2D eigenvalue weighted by molar-refractivity contribution is -0.137. The van der Waals surface area contributed by atoms with Gasteiger partial charge in [0.15, 0.2) is 5.78 Å². The predicted octanol–water partition coefficient (Wildman–Crippen LogP) is 4.85. The summed E-state index contributed by atoms with van der Waals surface area (Å²) in [5.74, 6) is -0.269. The van der Waals surface area contributed by atoms with Crippen LogP contribution in [-0.2, 0) is 6.18 Å². The number of halogens is 4. The summed E-state index contributed by atoms with van der Waals surface area (Å²) in [6, 6.07) is 10.1. The van der Waals surface area contributed by atoms with Gasteiger partial charge in [0.25, 0.3) is 0 Å². The van der Waals surface area contributed by atoms with Crippen LogP contribution in [0.5, 0.6) is 0 Å². The fourth-order valence-electron chi connectivity index (χ4n) is 1.88. The Morgan fingerprint density at radius 3 is 2.35 bits per heavy atom. The van der Waals surface area contributed by atoms with Gasteiger partial charge in [-0.1, -0.05) is 18.2 Å². The highest BCUT2D eigenvalue weighted by molar-refractivity contribution is 14.1. The minimum atomic E-state index is -4.39. The van der Waals surface area contributed by atoms with Gasteiger partial charge in [0, 0.05) is 14.7 Å². The van der Waals surface area contributed by atoms with Gasteiger partial charge in [0.05, 0.1) is 5.56 Å². The standard InChI is InChI=1S/C15H10F3IO/c1-9-7-11(15(16,17)18)5-6-13(9)14(20)10-3-2-4-12(19)8-10/h2-8H,1H3. The zero-order chi connectivity index (χ0) is 14.9. The minimum Gasteiger partial charge on any atom is -0.289 e. The molecule has 0 saturated heterocycles. The largest absolute Gasteiger partial charge is 0.416 e. The first-order valence-corrected chi connectivity index (χ1v) is 6.85. The van der Waals surface area contributed by atoms with Crippen molar-refractivity contribution in [3.63, 3.8) is 0 Å². The quantitative estimate of drug-likeness (QED) is 0.530. The average Bonchev–Trinajstić information content (AvgIpc) is 2.36.